The number of fused-ring (bicyclic) bond motifs is 1. The van der Waals surface area contributed by atoms with Crippen LogP contribution in [0.25, 0.3) is 22.3 Å². The molecular formula is C24H28N4O3. The Kier molecular flexibility index (Phi) is 5.93. The highest BCUT2D eigenvalue weighted by Gasteiger charge is 2.27. The molecule has 2 N–H and O–H groups in total. The van der Waals surface area contributed by atoms with Crippen LogP contribution in [0.3, 0.4) is 0 Å². The fourth-order valence-corrected chi connectivity index (χ4v) is 3.77. The van der Waals surface area contributed by atoms with Crippen molar-refractivity contribution in [1.82, 2.24) is 15.3 Å². The number of carbonyl (C=O) groups excluding carboxylic acids is 1. The maximum absolute atomic E-state index is 12.1. The molecular weight excluding hydrogens is 392 g/mol. The molecule has 31 heavy (non-hydrogen) atoms. The van der Waals surface area contributed by atoms with Crippen molar-refractivity contribution in [2.75, 3.05) is 24.6 Å². The Morgan fingerprint density at radius 2 is 2.06 bits per heavy atom. The first-order valence-electron chi connectivity index (χ1n) is 10.7. The lowest BCUT2D eigenvalue weighted by Crippen LogP contribution is -2.38. The van der Waals surface area contributed by atoms with Crippen LogP contribution in [0, 0.1) is 12.8 Å². The molecule has 0 unspecified atom stereocenters. The Morgan fingerprint density at radius 3 is 2.84 bits per heavy atom. The van der Waals surface area contributed by atoms with E-state index in [0.29, 0.717) is 30.5 Å². The highest BCUT2D eigenvalue weighted by atomic mass is 16.5. The molecule has 162 valence electrons. The molecule has 0 bridgehead atoms. The van der Waals surface area contributed by atoms with Crippen LogP contribution in [-0.2, 0) is 4.74 Å². The smallest absolute Gasteiger partial charge is 0.407 e. The van der Waals surface area contributed by atoms with Gasteiger partial charge in [0.05, 0.1) is 23.7 Å². The van der Waals surface area contributed by atoms with Crippen LogP contribution in [0.5, 0.6) is 5.75 Å². The summed E-state index contributed by atoms with van der Waals surface area (Å²) in [6.45, 7) is 7.84. The summed E-state index contributed by atoms with van der Waals surface area (Å²) in [4.78, 5) is 23.8. The Morgan fingerprint density at radius 1 is 1.26 bits per heavy atom. The number of aromatic hydroxyl groups is 1. The number of anilines is 1. The maximum atomic E-state index is 12.1. The van der Waals surface area contributed by atoms with Crippen LogP contribution in [0.1, 0.15) is 25.8 Å². The predicted molar refractivity (Wildman–Crippen MR) is 121 cm³/mol. The van der Waals surface area contributed by atoms with Crippen LogP contribution < -0.4 is 10.2 Å². The minimum absolute atomic E-state index is 0.0105. The van der Waals surface area contributed by atoms with Crippen LogP contribution in [0.2, 0.25) is 0 Å². The van der Waals surface area contributed by atoms with Gasteiger partial charge in [0.1, 0.15) is 11.6 Å². The molecule has 0 spiro atoms. The average Bonchev–Trinajstić information content (AvgIpc) is 3.19. The Labute approximate surface area is 182 Å². The number of benzene rings is 2. The molecule has 1 aromatic heterocycles. The van der Waals surface area contributed by atoms with Gasteiger partial charge in [-0.2, -0.15) is 0 Å². The number of para-hydroxylation sites is 1. The monoisotopic (exact) mass is 420 g/mol. The van der Waals surface area contributed by atoms with Gasteiger partial charge in [-0.1, -0.05) is 32.0 Å². The number of rotatable bonds is 5. The molecule has 1 atom stereocenters. The summed E-state index contributed by atoms with van der Waals surface area (Å²) in [5.74, 6) is 1.74. The molecule has 1 saturated heterocycles. The molecule has 0 aliphatic carbocycles. The van der Waals surface area contributed by atoms with E-state index in [4.69, 9.17) is 14.7 Å². The lowest BCUT2D eigenvalue weighted by Gasteiger charge is -2.21. The zero-order valence-corrected chi connectivity index (χ0v) is 18.1. The van der Waals surface area contributed by atoms with Gasteiger partial charge in [0.25, 0.3) is 0 Å². The van der Waals surface area contributed by atoms with E-state index in [9.17, 15) is 9.90 Å². The molecule has 1 aliphatic rings. The Hall–Kier alpha value is -3.35. The van der Waals surface area contributed by atoms with Gasteiger partial charge in [-0.15, -0.1) is 0 Å². The number of nitrogens with zero attached hydrogens (tertiary/aromatic N) is 3. The first-order valence-corrected chi connectivity index (χ1v) is 10.7. The third-order valence-electron chi connectivity index (χ3n) is 5.33. The molecule has 0 saturated carbocycles. The van der Waals surface area contributed by atoms with Crippen molar-refractivity contribution in [1.29, 1.82) is 0 Å². The lowest BCUT2D eigenvalue weighted by atomic mass is 10.1. The Bertz CT molecular complexity index is 1100. The predicted octanol–water partition coefficient (Wildman–Crippen LogP) is 4.27. The van der Waals surface area contributed by atoms with Gasteiger partial charge in [-0.3, -0.25) is 0 Å². The lowest BCUT2D eigenvalue weighted by molar-refractivity contribution is 0.130. The third-order valence-corrected chi connectivity index (χ3v) is 5.33. The van der Waals surface area contributed by atoms with E-state index in [1.807, 2.05) is 51.1 Å². The standard InChI is InChI=1S/C24H28N4O3/c1-15(2)14-31-24(30)25-17-10-11-28(13-17)23-18-9-8-16(3)12-20(18)26-22(27-23)19-6-4-5-7-21(19)29/h4-9,12,15,17,29H,10-11,13-14H2,1-3H3,(H,25,30)/t17-/m0/s1. The van der Waals surface area contributed by atoms with Gasteiger partial charge >= 0.3 is 6.09 Å². The number of hydrogen-bond donors (Lipinski definition) is 2. The molecule has 2 aromatic carbocycles. The number of phenolic OH excluding ortho intramolecular Hbond substituents is 1. The van der Waals surface area contributed by atoms with Crippen LogP contribution in [0.15, 0.2) is 42.5 Å². The van der Waals surface area contributed by atoms with E-state index in [-0.39, 0.29) is 17.9 Å². The SMILES string of the molecule is Cc1ccc2c(N3CC[C@H](NC(=O)OCC(C)C)C3)nc(-c3ccccc3O)nc2c1. The van der Waals surface area contributed by atoms with Crippen molar-refractivity contribution in [2.45, 2.75) is 33.2 Å². The van der Waals surface area contributed by atoms with E-state index >= 15 is 0 Å². The Balaban J connectivity index is 1.63. The van der Waals surface area contributed by atoms with Gasteiger partial charge in [-0.25, -0.2) is 14.8 Å². The minimum Gasteiger partial charge on any atom is -0.507 e. The van der Waals surface area contributed by atoms with Gasteiger partial charge in [0.15, 0.2) is 5.82 Å². The quantitative estimate of drug-likeness (QED) is 0.641. The summed E-state index contributed by atoms with van der Waals surface area (Å²) in [5.41, 5.74) is 2.53. The first kappa shape index (κ1) is 20.9. The van der Waals surface area contributed by atoms with Crippen molar-refractivity contribution < 1.29 is 14.6 Å². The number of nitrogens with one attached hydrogen (secondary N) is 1. The van der Waals surface area contributed by atoms with Crippen molar-refractivity contribution in [3.8, 4) is 17.1 Å². The van der Waals surface area contributed by atoms with E-state index in [2.05, 4.69) is 10.2 Å². The summed E-state index contributed by atoms with van der Waals surface area (Å²) < 4.78 is 5.26. The van der Waals surface area contributed by atoms with Gasteiger partial charge in [0, 0.05) is 18.5 Å². The average molecular weight is 421 g/mol. The van der Waals surface area contributed by atoms with Crippen molar-refractivity contribution in [3.63, 3.8) is 0 Å². The summed E-state index contributed by atoms with van der Waals surface area (Å²) >= 11 is 0. The number of phenols is 1. The number of hydrogen-bond acceptors (Lipinski definition) is 6. The van der Waals surface area contributed by atoms with E-state index in [0.717, 1.165) is 35.2 Å². The minimum atomic E-state index is -0.376. The fourth-order valence-electron chi connectivity index (χ4n) is 3.77. The maximum Gasteiger partial charge on any atom is 0.407 e. The fraction of sp³-hybridized carbons (Fsp3) is 0.375. The molecule has 1 aliphatic heterocycles. The van der Waals surface area contributed by atoms with Crippen molar-refractivity contribution >= 4 is 22.8 Å². The molecule has 4 rings (SSSR count). The molecule has 7 heteroatoms. The summed E-state index contributed by atoms with van der Waals surface area (Å²) in [5, 5.41) is 14.2. The van der Waals surface area contributed by atoms with Crippen LogP contribution >= 0.6 is 0 Å². The van der Waals surface area contributed by atoms with Gasteiger partial charge in [0.2, 0.25) is 0 Å². The van der Waals surface area contributed by atoms with Crippen LogP contribution in [-0.4, -0.2) is 46.9 Å². The second-order valence-corrected chi connectivity index (χ2v) is 8.48. The molecule has 3 aromatic rings. The van der Waals surface area contributed by atoms with Crippen molar-refractivity contribution in [2.24, 2.45) is 5.92 Å². The van der Waals surface area contributed by atoms with Crippen LogP contribution in [0.4, 0.5) is 10.6 Å². The number of alkyl carbamates (subject to hydrolysis) is 1. The highest BCUT2D eigenvalue weighted by Crippen LogP contribution is 2.33. The topological polar surface area (TPSA) is 87.6 Å². The summed E-state index contributed by atoms with van der Waals surface area (Å²) in [6.07, 6.45) is 0.429. The number of ether oxygens (including phenoxy) is 1. The normalized spacial score (nSPS) is 16.1. The molecule has 7 nitrogen and oxygen atoms in total. The third kappa shape index (κ3) is 4.71. The number of carbonyl (C=O) groups is 1. The number of amides is 1. The zero-order chi connectivity index (χ0) is 22.0. The molecule has 0 radical (unpaired) electrons. The van der Waals surface area contributed by atoms with E-state index in [1.54, 1.807) is 12.1 Å². The van der Waals surface area contributed by atoms with E-state index in [1.165, 1.54) is 0 Å². The number of aryl methyl sites for hydroxylation is 1. The largest absolute Gasteiger partial charge is 0.507 e. The second-order valence-electron chi connectivity index (χ2n) is 8.48. The van der Waals surface area contributed by atoms with Crippen molar-refractivity contribution in [3.05, 3.63) is 48.0 Å². The van der Waals surface area contributed by atoms with Gasteiger partial charge < -0.3 is 20.1 Å². The second kappa shape index (κ2) is 8.79. The number of aromatic nitrogens is 2. The molecule has 1 amide bonds. The first-order chi connectivity index (χ1) is 14.9. The molecule has 2 heterocycles. The van der Waals surface area contributed by atoms with Gasteiger partial charge in [-0.05, 0) is 49.1 Å². The zero-order valence-electron chi connectivity index (χ0n) is 18.1. The summed E-state index contributed by atoms with van der Waals surface area (Å²) in [6, 6.07) is 13.2. The molecule has 1 fully saturated rings. The van der Waals surface area contributed by atoms with E-state index < -0.39 is 0 Å². The summed E-state index contributed by atoms with van der Waals surface area (Å²) in [7, 11) is 0. The highest BCUT2D eigenvalue weighted by molar-refractivity contribution is 5.92.